The summed E-state index contributed by atoms with van der Waals surface area (Å²) in [6.07, 6.45) is 2.32. The first kappa shape index (κ1) is 12.2. The molecule has 1 fully saturated rings. The lowest BCUT2D eigenvalue weighted by Crippen LogP contribution is -2.44. The Bertz CT molecular complexity index is 393. The third-order valence-corrected chi connectivity index (χ3v) is 3.50. The van der Waals surface area contributed by atoms with Crippen LogP contribution in [0.15, 0.2) is 18.2 Å². The minimum atomic E-state index is -0.511. The zero-order valence-electron chi connectivity index (χ0n) is 9.13. The highest BCUT2D eigenvalue weighted by atomic mass is 35.5. The third kappa shape index (κ3) is 2.51. The molecule has 16 heavy (non-hydrogen) atoms. The molecule has 0 radical (unpaired) electrons. The molecule has 1 unspecified atom stereocenters. The smallest absolute Gasteiger partial charge is 0.0657 e. The Kier molecular flexibility index (Phi) is 3.45. The molecule has 0 heterocycles. The Morgan fingerprint density at radius 3 is 2.69 bits per heavy atom. The summed E-state index contributed by atoms with van der Waals surface area (Å²) in [5.41, 5.74) is 0.347. The van der Waals surface area contributed by atoms with Crippen LogP contribution in [0.25, 0.3) is 0 Å². The van der Waals surface area contributed by atoms with Gasteiger partial charge in [0.2, 0.25) is 0 Å². The summed E-state index contributed by atoms with van der Waals surface area (Å²) in [6.45, 7) is 1.95. The van der Waals surface area contributed by atoms with Gasteiger partial charge in [-0.25, -0.2) is 0 Å². The summed E-state index contributed by atoms with van der Waals surface area (Å²) in [5, 5.41) is 14.2. The van der Waals surface area contributed by atoms with E-state index in [0.717, 1.165) is 18.4 Å². The zero-order chi connectivity index (χ0) is 11.8. The average molecular weight is 260 g/mol. The highest BCUT2D eigenvalue weighted by molar-refractivity contribution is 6.33. The molecule has 1 aliphatic rings. The summed E-state index contributed by atoms with van der Waals surface area (Å²) >= 11 is 12.1. The fraction of sp³-hybridized carbons (Fsp3) is 0.500. The molecule has 0 bridgehead atoms. The monoisotopic (exact) mass is 259 g/mol. The molecule has 1 saturated carbocycles. The Morgan fingerprint density at radius 1 is 1.44 bits per heavy atom. The molecule has 2 rings (SSSR count). The van der Waals surface area contributed by atoms with Crippen LogP contribution in [0.2, 0.25) is 10.0 Å². The van der Waals surface area contributed by atoms with Crippen molar-refractivity contribution in [2.75, 3.05) is 6.61 Å². The van der Waals surface area contributed by atoms with Gasteiger partial charge < -0.3 is 10.4 Å². The Hall–Kier alpha value is -0.280. The van der Waals surface area contributed by atoms with Gasteiger partial charge in [-0.15, -0.1) is 0 Å². The van der Waals surface area contributed by atoms with Gasteiger partial charge in [0, 0.05) is 16.1 Å². The average Bonchev–Trinajstić information content (AvgIpc) is 3.05. The first-order valence-corrected chi connectivity index (χ1v) is 6.15. The third-order valence-electron chi connectivity index (χ3n) is 2.94. The van der Waals surface area contributed by atoms with Crippen LogP contribution in [0, 0.1) is 0 Å². The van der Waals surface area contributed by atoms with E-state index in [1.165, 1.54) is 0 Å². The molecule has 2 nitrogen and oxygen atoms in total. The van der Waals surface area contributed by atoms with Gasteiger partial charge in [0.1, 0.15) is 0 Å². The number of halogens is 2. The predicted molar refractivity (Wildman–Crippen MR) is 67.1 cm³/mol. The molecule has 1 aromatic carbocycles. The first-order chi connectivity index (χ1) is 7.55. The van der Waals surface area contributed by atoms with Gasteiger partial charge in [0.05, 0.1) is 12.1 Å². The van der Waals surface area contributed by atoms with Crippen molar-refractivity contribution < 1.29 is 5.11 Å². The van der Waals surface area contributed by atoms with E-state index in [1.807, 2.05) is 13.0 Å². The topological polar surface area (TPSA) is 32.3 Å². The largest absolute Gasteiger partial charge is 0.394 e. The lowest BCUT2D eigenvalue weighted by atomic mass is 9.92. The highest BCUT2D eigenvalue weighted by Gasteiger charge is 2.34. The van der Waals surface area contributed by atoms with E-state index in [9.17, 15) is 5.11 Å². The maximum Gasteiger partial charge on any atom is 0.0657 e. The lowest BCUT2D eigenvalue weighted by Gasteiger charge is -2.30. The molecule has 0 spiro atoms. The van der Waals surface area contributed by atoms with Crippen LogP contribution in [0.1, 0.15) is 25.3 Å². The molecule has 2 N–H and O–H groups in total. The molecule has 0 saturated heterocycles. The van der Waals surface area contributed by atoms with Crippen LogP contribution in [0.3, 0.4) is 0 Å². The highest BCUT2D eigenvalue weighted by Crippen LogP contribution is 2.33. The summed E-state index contributed by atoms with van der Waals surface area (Å²) in [6, 6.07) is 5.83. The van der Waals surface area contributed by atoms with Crippen molar-refractivity contribution in [3.05, 3.63) is 33.8 Å². The second-order valence-corrected chi connectivity index (χ2v) is 5.38. The summed E-state index contributed by atoms with van der Waals surface area (Å²) in [7, 11) is 0. The van der Waals surface area contributed by atoms with Crippen LogP contribution >= 0.6 is 23.2 Å². The standard InChI is InChI=1S/C12H15Cl2NO/c1-12(7-16,15-9-3-4-9)10-6-8(13)2-5-11(10)14/h2,5-6,9,15-16H,3-4,7H2,1H3. The van der Waals surface area contributed by atoms with E-state index >= 15 is 0 Å². The van der Waals surface area contributed by atoms with Gasteiger partial charge in [0.15, 0.2) is 0 Å². The van der Waals surface area contributed by atoms with E-state index in [2.05, 4.69) is 5.32 Å². The number of aliphatic hydroxyl groups excluding tert-OH is 1. The quantitative estimate of drug-likeness (QED) is 0.872. The van der Waals surface area contributed by atoms with Crippen molar-refractivity contribution in [2.24, 2.45) is 0 Å². The number of hydrogen-bond donors (Lipinski definition) is 2. The molecule has 1 aromatic rings. The van der Waals surface area contributed by atoms with Crippen LogP contribution < -0.4 is 5.32 Å². The second-order valence-electron chi connectivity index (χ2n) is 4.53. The van der Waals surface area contributed by atoms with Crippen molar-refractivity contribution in [2.45, 2.75) is 31.3 Å². The van der Waals surface area contributed by atoms with Crippen LogP contribution in [0.4, 0.5) is 0 Å². The normalized spacial score (nSPS) is 19.5. The molecule has 4 heteroatoms. The first-order valence-electron chi connectivity index (χ1n) is 5.39. The van der Waals surface area contributed by atoms with Gasteiger partial charge >= 0.3 is 0 Å². The Morgan fingerprint density at radius 2 is 2.12 bits per heavy atom. The number of aliphatic hydroxyl groups is 1. The summed E-state index contributed by atoms with van der Waals surface area (Å²) in [4.78, 5) is 0. The van der Waals surface area contributed by atoms with E-state index < -0.39 is 5.54 Å². The van der Waals surface area contributed by atoms with E-state index in [1.54, 1.807) is 12.1 Å². The number of rotatable bonds is 4. The Labute approximate surface area is 106 Å². The van der Waals surface area contributed by atoms with Gasteiger partial charge in [-0.1, -0.05) is 23.2 Å². The molecule has 0 amide bonds. The maximum atomic E-state index is 9.57. The van der Waals surface area contributed by atoms with Crippen LogP contribution in [-0.4, -0.2) is 17.8 Å². The van der Waals surface area contributed by atoms with Crippen molar-refractivity contribution >= 4 is 23.2 Å². The van der Waals surface area contributed by atoms with Crippen LogP contribution in [0.5, 0.6) is 0 Å². The summed E-state index contributed by atoms with van der Waals surface area (Å²) < 4.78 is 0. The summed E-state index contributed by atoms with van der Waals surface area (Å²) in [5.74, 6) is 0. The molecular weight excluding hydrogens is 245 g/mol. The minimum absolute atomic E-state index is 0.00353. The van der Waals surface area contributed by atoms with Crippen molar-refractivity contribution in [3.8, 4) is 0 Å². The minimum Gasteiger partial charge on any atom is -0.394 e. The predicted octanol–water partition coefficient (Wildman–Crippen LogP) is 2.95. The zero-order valence-corrected chi connectivity index (χ0v) is 10.6. The van der Waals surface area contributed by atoms with Crippen LogP contribution in [-0.2, 0) is 5.54 Å². The van der Waals surface area contributed by atoms with Gasteiger partial charge in [-0.05, 0) is 43.5 Å². The van der Waals surface area contributed by atoms with Crippen molar-refractivity contribution in [1.29, 1.82) is 0 Å². The van der Waals surface area contributed by atoms with E-state index in [4.69, 9.17) is 23.2 Å². The van der Waals surface area contributed by atoms with E-state index in [-0.39, 0.29) is 6.61 Å². The molecule has 0 aromatic heterocycles. The second kappa shape index (κ2) is 4.53. The maximum absolute atomic E-state index is 9.57. The molecule has 0 aliphatic heterocycles. The fourth-order valence-electron chi connectivity index (χ4n) is 1.81. The van der Waals surface area contributed by atoms with Gasteiger partial charge in [0.25, 0.3) is 0 Å². The molecule has 1 aliphatic carbocycles. The lowest BCUT2D eigenvalue weighted by molar-refractivity contribution is 0.173. The SMILES string of the molecule is CC(CO)(NC1CC1)c1cc(Cl)ccc1Cl. The van der Waals surface area contributed by atoms with Crippen molar-refractivity contribution in [1.82, 2.24) is 5.32 Å². The number of hydrogen-bond acceptors (Lipinski definition) is 2. The number of nitrogens with one attached hydrogen (secondary N) is 1. The molecular formula is C12H15Cl2NO. The molecule has 88 valence electrons. The number of benzene rings is 1. The van der Waals surface area contributed by atoms with Gasteiger partial charge in [-0.2, -0.15) is 0 Å². The van der Waals surface area contributed by atoms with Gasteiger partial charge in [-0.3, -0.25) is 0 Å². The molecule has 1 atom stereocenters. The fourth-order valence-corrected chi connectivity index (χ4v) is 2.31. The van der Waals surface area contributed by atoms with E-state index in [0.29, 0.717) is 16.1 Å². The van der Waals surface area contributed by atoms with Crippen molar-refractivity contribution in [3.63, 3.8) is 0 Å². The Balaban J connectivity index is 2.33.